The molecule has 0 heterocycles. The number of anilines is 2. The lowest BCUT2D eigenvalue weighted by molar-refractivity contribution is -0.105. The largest absolute Gasteiger partial charge is 0.487 e. The van der Waals surface area contributed by atoms with Gasteiger partial charge in [-0.1, -0.05) is 99.6 Å². The smallest absolute Gasteiger partial charge is 0.211 e. The lowest BCUT2D eigenvalue weighted by atomic mass is 10.1. The molecule has 244 valence electrons. The molecular weight excluding hydrogens is 591 g/mol. The molecule has 0 saturated heterocycles. The molecule has 7 nitrogen and oxygen atoms in total. The van der Waals surface area contributed by atoms with Crippen molar-refractivity contribution in [3.8, 4) is 5.75 Å². The van der Waals surface area contributed by atoms with E-state index < -0.39 is 14.4 Å². The van der Waals surface area contributed by atoms with E-state index in [1.54, 1.807) is 0 Å². The molecule has 0 aliphatic carbocycles. The number of aliphatic hydroxyl groups excluding tert-OH is 1. The van der Waals surface area contributed by atoms with Crippen LogP contribution in [0.1, 0.15) is 55.2 Å². The van der Waals surface area contributed by atoms with Gasteiger partial charge < -0.3 is 30.2 Å². The van der Waals surface area contributed by atoms with Gasteiger partial charge in [0, 0.05) is 18.8 Å². The average Bonchev–Trinajstić information content (AvgIpc) is 3.05. The molecular formula is C38H49N3O4Si. The van der Waals surface area contributed by atoms with E-state index in [4.69, 9.17) is 9.16 Å². The second kappa shape index (κ2) is 16.6. The Hall–Kier alpha value is -3.95. The highest BCUT2D eigenvalue weighted by molar-refractivity contribution is 6.74. The Bertz CT molecular complexity index is 1490. The monoisotopic (exact) mass is 639 g/mol. The lowest BCUT2D eigenvalue weighted by Gasteiger charge is -2.39. The number of carbonyl (C=O) groups is 1. The molecule has 46 heavy (non-hydrogen) atoms. The van der Waals surface area contributed by atoms with Gasteiger partial charge in [0.2, 0.25) is 6.41 Å². The van der Waals surface area contributed by atoms with Gasteiger partial charge in [-0.2, -0.15) is 0 Å². The molecule has 1 unspecified atom stereocenters. The van der Waals surface area contributed by atoms with Crippen molar-refractivity contribution in [2.45, 2.75) is 64.1 Å². The molecule has 1 amide bonds. The first-order valence-electron chi connectivity index (χ1n) is 16.0. The molecule has 4 aromatic rings. The molecule has 2 atom stereocenters. The van der Waals surface area contributed by atoms with Crippen LogP contribution in [0.2, 0.25) is 18.1 Å². The summed E-state index contributed by atoms with van der Waals surface area (Å²) in [6.07, 6.45) is 0.792. The Kier molecular flexibility index (Phi) is 12.6. The minimum Gasteiger partial charge on any atom is -0.487 e. The second-order valence-electron chi connectivity index (χ2n) is 13.1. The number of hydrogen-bond donors (Lipinski definition) is 4. The molecule has 0 aliphatic heterocycles. The molecule has 0 aromatic heterocycles. The molecule has 4 N–H and O–H groups in total. The summed E-state index contributed by atoms with van der Waals surface area (Å²) in [4.78, 5) is 11.5. The van der Waals surface area contributed by atoms with Crippen LogP contribution < -0.4 is 20.7 Å². The Morgan fingerprint density at radius 3 is 2.15 bits per heavy atom. The van der Waals surface area contributed by atoms with Crippen LogP contribution in [0.5, 0.6) is 5.75 Å². The van der Waals surface area contributed by atoms with E-state index in [1.165, 1.54) is 5.56 Å². The van der Waals surface area contributed by atoms with Crippen molar-refractivity contribution < 1.29 is 19.1 Å². The Labute approximate surface area is 275 Å². The van der Waals surface area contributed by atoms with Crippen LogP contribution >= 0.6 is 0 Å². The SMILES string of the molecule is CC(C)(C)[Si](C)(C)O[C@@H](CNCCc1ccc(NCC(O)c2ccccc2)cc1)c1ccc(OCc2ccccc2)c(NC=O)c1. The third-order valence-electron chi connectivity index (χ3n) is 8.63. The highest BCUT2D eigenvalue weighted by Gasteiger charge is 2.39. The van der Waals surface area contributed by atoms with Crippen LogP contribution in [0.15, 0.2) is 103 Å². The molecule has 8 heteroatoms. The van der Waals surface area contributed by atoms with Crippen molar-refractivity contribution in [3.63, 3.8) is 0 Å². The maximum Gasteiger partial charge on any atom is 0.211 e. The Balaban J connectivity index is 1.37. The van der Waals surface area contributed by atoms with E-state index in [-0.39, 0.29) is 11.1 Å². The summed E-state index contributed by atoms with van der Waals surface area (Å²) in [5.74, 6) is 0.617. The normalized spacial score (nSPS) is 13.1. The average molecular weight is 640 g/mol. The number of amides is 1. The first-order chi connectivity index (χ1) is 22.1. The number of rotatable bonds is 17. The zero-order valence-electron chi connectivity index (χ0n) is 27.8. The fourth-order valence-corrected chi connectivity index (χ4v) is 6.09. The minimum atomic E-state index is -2.11. The molecule has 4 rings (SSSR count). The number of hydrogen-bond acceptors (Lipinski definition) is 6. The highest BCUT2D eigenvalue weighted by Crippen LogP contribution is 2.40. The zero-order valence-corrected chi connectivity index (χ0v) is 28.8. The lowest BCUT2D eigenvalue weighted by Crippen LogP contribution is -2.43. The molecule has 4 aromatic carbocycles. The van der Waals surface area contributed by atoms with Gasteiger partial charge in [-0.05, 0) is 77.6 Å². The van der Waals surface area contributed by atoms with Crippen LogP contribution in [0.25, 0.3) is 0 Å². The van der Waals surface area contributed by atoms with Gasteiger partial charge in [-0.15, -0.1) is 0 Å². The van der Waals surface area contributed by atoms with Crippen molar-refractivity contribution >= 4 is 26.1 Å². The third kappa shape index (κ3) is 10.3. The van der Waals surface area contributed by atoms with Gasteiger partial charge in [0.1, 0.15) is 12.4 Å². The summed E-state index contributed by atoms with van der Waals surface area (Å²) in [7, 11) is -2.11. The van der Waals surface area contributed by atoms with Gasteiger partial charge >= 0.3 is 0 Å². The van der Waals surface area contributed by atoms with E-state index in [1.807, 2.05) is 78.9 Å². The van der Waals surface area contributed by atoms with Crippen molar-refractivity contribution in [2.24, 2.45) is 0 Å². The van der Waals surface area contributed by atoms with Crippen LogP contribution in [0, 0.1) is 0 Å². The fraction of sp³-hybridized carbons (Fsp3) is 0.342. The molecule has 0 aliphatic rings. The quantitative estimate of drug-likeness (QED) is 0.0534. The third-order valence-corrected chi connectivity index (χ3v) is 13.1. The van der Waals surface area contributed by atoms with Gasteiger partial charge in [0.25, 0.3) is 0 Å². The standard InChI is InChI=1S/C38H49N3O4Si/c1-38(2,3)46(4,5)45-37(32-18-21-36(34(24-32)41-28-42)44-27-30-12-8-6-9-13-30)26-39-23-22-29-16-19-33(20-17-29)40-25-35(43)31-14-10-7-11-15-31/h6-21,24,28,35,37,39-40,43H,22-23,25-27H2,1-5H3,(H,41,42)/t35?,37-/m0/s1. The number of carbonyl (C=O) groups excluding carboxylic acids is 1. The summed E-state index contributed by atoms with van der Waals surface area (Å²) in [5, 5.41) is 20.3. The predicted octanol–water partition coefficient (Wildman–Crippen LogP) is 7.87. The van der Waals surface area contributed by atoms with Crippen molar-refractivity contribution in [3.05, 3.63) is 125 Å². The maximum atomic E-state index is 11.5. The van der Waals surface area contributed by atoms with Gasteiger partial charge in [0.15, 0.2) is 8.32 Å². The number of aliphatic hydroxyl groups is 1. The Morgan fingerprint density at radius 1 is 0.826 bits per heavy atom. The first-order valence-corrected chi connectivity index (χ1v) is 18.9. The van der Waals surface area contributed by atoms with Crippen LogP contribution in [0.4, 0.5) is 11.4 Å². The number of ether oxygens (including phenoxy) is 1. The topological polar surface area (TPSA) is 91.8 Å². The van der Waals surface area contributed by atoms with E-state index in [0.29, 0.717) is 37.5 Å². The summed E-state index contributed by atoms with van der Waals surface area (Å²) >= 11 is 0. The maximum absolute atomic E-state index is 11.5. The van der Waals surface area contributed by atoms with E-state index >= 15 is 0 Å². The van der Waals surface area contributed by atoms with E-state index in [2.05, 4.69) is 74.1 Å². The summed E-state index contributed by atoms with van der Waals surface area (Å²) in [5.41, 5.74) is 5.77. The van der Waals surface area contributed by atoms with Gasteiger partial charge in [0.05, 0.1) is 17.9 Å². The summed E-state index contributed by atoms with van der Waals surface area (Å²) in [6, 6.07) is 33.9. The van der Waals surface area contributed by atoms with Crippen molar-refractivity contribution in [1.29, 1.82) is 0 Å². The number of benzene rings is 4. The molecule has 0 saturated carbocycles. The predicted molar refractivity (Wildman–Crippen MR) is 191 cm³/mol. The molecule has 0 fully saturated rings. The number of nitrogens with one attached hydrogen (secondary N) is 3. The van der Waals surface area contributed by atoms with Crippen molar-refractivity contribution in [1.82, 2.24) is 5.32 Å². The zero-order chi connectivity index (χ0) is 33.0. The van der Waals surface area contributed by atoms with Crippen molar-refractivity contribution in [2.75, 3.05) is 30.3 Å². The molecule has 0 spiro atoms. The van der Waals surface area contributed by atoms with Crippen LogP contribution in [-0.2, 0) is 22.2 Å². The Morgan fingerprint density at radius 2 is 1.50 bits per heavy atom. The molecule has 0 radical (unpaired) electrons. The van der Waals surface area contributed by atoms with E-state index in [9.17, 15) is 9.90 Å². The summed E-state index contributed by atoms with van der Waals surface area (Å²) < 4.78 is 13.0. The van der Waals surface area contributed by atoms with Gasteiger partial charge in [-0.3, -0.25) is 4.79 Å². The second-order valence-corrected chi connectivity index (χ2v) is 17.9. The van der Waals surface area contributed by atoms with Gasteiger partial charge in [-0.25, -0.2) is 0 Å². The fourth-order valence-electron chi connectivity index (χ4n) is 4.81. The molecule has 0 bridgehead atoms. The summed E-state index contributed by atoms with van der Waals surface area (Å²) in [6.45, 7) is 13.5. The minimum absolute atomic E-state index is 0.0424. The highest BCUT2D eigenvalue weighted by atomic mass is 28.4. The van der Waals surface area contributed by atoms with Crippen LogP contribution in [-0.4, -0.2) is 39.5 Å². The van der Waals surface area contributed by atoms with Crippen LogP contribution in [0.3, 0.4) is 0 Å². The van der Waals surface area contributed by atoms with E-state index in [0.717, 1.165) is 35.3 Å². The first kappa shape index (κ1) is 34.9.